The van der Waals surface area contributed by atoms with Gasteiger partial charge in [0, 0.05) is 51.4 Å². The van der Waals surface area contributed by atoms with Crippen molar-refractivity contribution in [2.24, 2.45) is 0 Å². The van der Waals surface area contributed by atoms with E-state index in [-0.39, 0.29) is 46.1 Å². The molecule has 2 aliphatic heterocycles. The van der Waals surface area contributed by atoms with Crippen LogP contribution in [0, 0.1) is 0 Å². The summed E-state index contributed by atoms with van der Waals surface area (Å²) < 4.78 is 0. The Balaban J connectivity index is 1.38. The van der Waals surface area contributed by atoms with Gasteiger partial charge in [0.05, 0.1) is 11.7 Å². The molecule has 0 aromatic carbocycles. The van der Waals surface area contributed by atoms with Crippen molar-refractivity contribution in [2.45, 2.75) is 51.3 Å². The van der Waals surface area contributed by atoms with Crippen molar-refractivity contribution in [2.75, 3.05) is 55.6 Å². The topological polar surface area (TPSA) is 167 Å². The second-order valence-electron chi connectivity index (χ2n) is 9.97. The summed E-state index contributed by atoms with van der Waals surface area (Å²) in [5.41, 5.74) is 12.3. The number of aliphatic hydroxyl groups excluding tert-OH is 1. The van der Waals surface area contributed by atoms with Gasteiger partial charge in [-0.2, -0.15) is 0 Å². The summed E-state index contributed by atoms with van der Waals surface area (Å²) in [6.07, 6.45) is 1.93. The molecular weight excluding hydrogens is 545 g/mol. The lowest BCUT2D eigenvalue weighted by Gasteiger charge is -2.47. The minimum absolute atomic E-state index is 0.0125. The highest BCUT2D eigenvalue weighted by atomic mass is 35.5. The van der Waals surface area contributed by atoms with Gasteiger partial charge in [0.25, 0.3) is 11.8 Å². The number of nitrogens with zero attached hydrogens (tertiary/aromatic N) is 6. The number of anilines is 3. The zero-order chi connectivity index (χ0) is 28.3. The average molecular weight is 581 g/mol. The first-order valence-electron chi connectivity index (χ1n) is 13.1. The van der Waals surface area contributed by atoms with Crippen molar-refractivity contribution < 1.29 is 14.7 Å². The maximum absolute atomic E-state index is 13.0. The van der Waals surface area contributed by atoms with Gasteiger partial charge in [-0.1, -0.05) is 30.1 Å². The lowest BCUT2D eigenvalue weighted by molar-refractivity contribution is 0.0491. The average Bonchev–Trinajstić information content (AvgIpc) is 2.92. The molecule has 2 fully saturated rings. The molecule has 4 heterocycles. The van der Waals surface area contributed by atoms with Gasteiger partial charge < -0.3 is 31.7 Å². The molecule has 212 valence electrons. The second-order valence-corrected chi connectivity index (χ2v) is 10.7. The first kappa shape index (κ1) is 29.1. The number of piperidine rings is 1. The van der Waals surface area contributed by atoms with E-state index in [9.17, 15) is 14.7 Å². The summed E-state index contributed by atoms with van der Waals surface area (Å²) in [7, 11) is 0. The number of carbonyl (C=O) groups is 2. The maximum atomic E-state index is 13.0. The van der Waals surface area contributed by atoms with Gasteiger partial charge in [0.2, 0.25) is 0 Å². The third-order valence-electron chi connectivity index (χ3n) is 7.28. The predicted octanol–water partition coefficient (Wildman–Crippen LogP) is 1.66. The van der Waals surface area contributed by atoms with Crippen LogP contribution in [0.1, 0.15) is 54.0 Å². The molecular formula is C25H35Cl2N9O3. The summed E-state index contributed by atoms with van der Waals surface area (Å²) in [4.78, 5) is 44.4. The van der Waals surface area contributed by atoms with Crippen molar-refractivity contribution in [3.63, 3.8) is 0 Å². The van der Waals surface area contributed by atoms with Crippen molar-refractivity contribution in [3.05, 3.63) is 33.7 Å². The SMILES string of the molecule is CC[C@H]1CN(c2nc(N)c(C(=O)NCC(C)O)nc2Cl)CCN1C1CCN(C(=O)c2ccc(Cl)nc2N)CC1. The second kappa shape index (κ2) is 12.5. The number of nitrogens with two attached hydrogens (primary N) is 2. The molecule has 2 atom stereocenters. The Labute approximate surface area is 237 Å². The summed E-state index contributed by atoms with van der Waals surface area (Å²) in [5, 5.41) is 12.3. The van der Waals surface area contributed by atoms with Crippen LogP contribution in [0.5, 0.6) is 0 Å². The summed E-state index contributed by atoms with van der Waals surface area (Å²) in [5.74, 6) is -0.0747. The van der Waals surface area contributed by atoms with E-state index < -0.39 is 12.0 Å². The number of carbonyl (C=O) groups excluding carboxylic acids is 2. The standard InChI is InChI=1S/C25H35Cl2N9O3/c1-3-15-13-35(23-20(27)32-19(22(29)33-23)24(38)30-12-14(2)37)10-11-36(15)16-6-8-34(9-7-16)25(39)17-4-5-18(26)31-21(17)28/h4-5,14-16,37H,3,6-13H2,1-2H3,(H2,28,31)(H2,29,33)(H,30,38)/t14?,15-/m0/s1. The lowest BCUT2D eigenvalue weighted by Crippen LogP contribution is -2.58. The molecule has 2 amide bonds. The number of halogens is 2. The maximum Gasteiger partial charge on any atom is 0.273 e. The van der Waals surface area contributed by atoms with Crippen LogP contribution in [0.4, 0.5) is 17.5 Å². The molecule has 0 bridgehead atoms. The Kier molecular flexibility index (Phi) is 9.31. The van der Waals surface area contributed by atoms with E-state index in [0.717, 1.165) is 25.8 Å². The molecule has 2 aromatic heterocycles. The van der Waals surface area contributed by atoms with E-state index in [0.29, 0.717) is 43.6 Å². The number of nitrogen functional groups attached to an aromatic ring is 2. The Bertz CT molecular complexity index is 1210. The van der Waals surface area contributed by atoms with E-state index in [1.165, 1.54) is 0 Å². The largest absolute Gasteiger partial charge is 0.392 e. The molecule has 6 N–H and O–H groups in total. The Morgan fingerprint density at radius 2 is 1.82 bits per heavy atom. The quantitative estimate of drug-likeness (QED) is 0.354. The molecule has 0 aliphatic carbocycles. The molecule has 4 rings (SSSR count). The van der Waals surface area contributed by atoms with Gasteiger partial charge >= 0.3 is 0 Å². The van der Waals surface area contributed by atoms with Gasteiger partial charge in [0.15, 0.2) is 22.5 Å². The Morgan fingerprint density at radius 1 is 1.10 bits per heavy atom. The number of pyridine rings is 1. The van der Waals surface area contributed by atoms with E-state index in [2.05, 4.69) is 37.0 Å². The molecule has 14 heteroatoms. The van der Waals surface area contributed by atoms with Crippen LogP contribution in [0.15, 0.2) is 12.1 Å². The number of hydrogen-bond acceptors (Lipinski definition) is 10. The Hall–Kier alpha value is -2.93. The van der Waals surface area contributed by atoms with Crippen LogP contribution >= 0.6 is 23.2 Å². The fraction of sp³-hybridized carbons (Fsp3) is 0.560. The monoisotopic (exact) mass is 579 g/mol. The summed E-state index contributed by atoms with van der Waals surface area (Å²) in [6, 6.07) is 3.79. The minimum atomic E-state index is -0.701. The fourth-order valence-corrected chi connectivity index (χ4v) is 5.62. The molecule has 2 aliphatic rings. The zero-order valence-electron chi connectivity index (χ0n) is 22.1. The van der Waals surface area contributed by atoms with E-state index >= 15 is 0 Å². The number of hydrogen-bond donors (Lipinski definition) is 4. The summed E-state index contributed by atoms with van der Waals surface area (Å²) in [6.45, 7) is 7.19. The molecule has 2 aromatic rings. The number of amides is 2. The number of nitrogens with one attached hydrogen (secondary N) is 1. The van der Waals surface area contributed by atoms with Crippen molar-refractivity contribution >= 4 is 52.5 Å². The van der Waals surface area contributed by atoms with Crippen LogP contribution in [-0.2, 0) is 0 Å². The molecule has 1 unspecified atom stereocenters. The van der Waals surface area contributed by atoms with Gasteiger partial charge in [-0.3, -0.25) is 14.5 Å². The fourth-order valence-electron chi connectivity index (χ4n) is 5.22. The molecule has 2 saturated heterocycles. The molecule has 39 heavy (non-hydrogen) atoms. The highest BCUT2D eigenvalue weighted by Gasteiger charge is 2.35. The van der Waals surface area contributed by atoms with Crippen LogP contribution in [-0.4, -0.2) is 99.1 Å². The highest BCUT2D eigenvalue weighted by Crippen LogP contribution is 2.30. The molecule has 0 radical (unpaired) electrons. The first-order chi connectivity index (χ1) is 18.6. The van der Waals surface area contributed by atoms with Crippen molar-refractivity contribution in [1.29, 1.82) is 0 Å². The first-order valence-corrected chi connectivity index (χ1v) is 13.9. The zero-order valence-corrected chi connectivity index (χ0v) is 23.6. The third-order valence-corrected chi connectivity index (χ3v) is 7.74. The highest BCUT2D eigenvalue weighted by molar-refractivity contribution is 6.32. The smallest absolute Gasteiger partial charge is 0.273 e. The normalized spacial score (nSPS) is 19.7. The van der Waals surface area contributed by atoms with E-state index in [4.69, 9.17) is 34.7 Å². The minimum Gasteiger partial charge on any atom is -0.392 e. The third kappa shape index (κ3) is 6.63. The van der Waals surface area contributed by atoms with Crippen LogP contribution in [0.3, 0.4) is 0 Å². The van der Waals surface area contributed by atoms with Gasteiger partial charge in [-0.15, -0.1) is 0 Å². The molecule has 12 nitrogen and oxygen atoms in total. The number of rotatable bonds is 7. The van der Waals surface area contributed by atoms with Gasteiger partial charge in [-0.05, 0) is 38.3 Å². The van der Waals surface area contributed by atoms with Crippen LogP contribution in [0.25, 0.3) is 0 Å². The van der Waals surface area contributed by atoms with Crippen LogP contribution in [0.2, 0.25) is 10.3 Å². The number of aliphatic hydroxyl groups is 1. The van der Waals surface area contributed by atoms with Gasteiger partial charge in [0.1, 0.15) is 11.0 Å². The number of piperazine rings is 1. The lowest BCUT2D eigenvalue weighted by atomic mass is 9.97. The van der Waals surface area contributed by atoms with Crippen molar-refractivity contribution in [3.8, 4) is 0 Å². The van der Waals surface area contributed by atoms with Crippen LogP contribution < -0.4 is 21.7 Å². The number of aromatic nitrogens is 3. The van der Waals surface area contributed by atoms with E-state index in [1.54, 1.807) is 19.1 Å². The predicted molar refractivity (Wildman–Crippen MR) is 151 cm³/mol. The molecule has 0 spiro atoms. The van der Waals surface area contributed by atoms with Crippen molar-refractivity contribution in [1.82, 2.24) is 30.1 Å². The Morgan fingerprint density at radius 3 is 2.46 bits per heavy atom. The van der Waals surface area contributed by atoms with E-state index in [1.807, 2.05) is 4.90 Å². The van der Waals surface area contributed by atoms with Gasteiger partial charge in [-0.25, -0.2) is 15.0 Å². The summed E-state index contributed by atoms with van der Waals surface area (Å²) >= 11 is 12.3. The molecule has 0 saturated carbocycles. The number of likely N-dealkylation sites (tertiary alicyclic amines) is 1.